The van der Waals surface area contributed by atoms with Crippen LogP contribution in [0.1, 0.15) is 75.7 Å². The molecule has 2 fully saturated rings. The number of H-pyrrole nitrogens is 1. The summed E-state index contributed by atoms with van der Waals surface area (Å²) < 4.78 is 13.1. The number of nitrogens with one attached hydrogen (secondary N) is 1. The van der Waals surface area contributed by atoms with Crippen molar-refractivity contribution in [2.75, 3.05) is 13.7 Å². The number of ether oxygens (including phenoxy) is 2. The van der Waals surface area contributed by atoms with E-state index in [9.17, 15) is 4.79 Å². The monoisotopic (exact) mass is 480 g/mol. The molecule has 0 radical (unpaired) electrons. The molecule has 9 nitrogen and oxygen atoms in total. The summed E-state index contributed by atoms with van der Waals surface area (Å²) in [6, 6.07) is 8.24. The van der Waals surface area contributed by atoms with Gasteiger partial charge in [0.2, 0.25) is 0 Å². The minimum Gasteiger partial charge on any atom is -0.497 e. The summed E-state index contributed by atoms with van der Waals surface area (Å²) in [5.74, 6) is 1.60. The Morgan fingerprint density at radius 2 is 2.06 bits per heavy atom. The van der Waals surface area contributed by atoms with Gasteiger partial charge >= 0.3 is 0 Å². The number of nitrogens with zero attached hydrogens (tertiary/aromatic N) is 5. The molecule has 3 heterocycles. The van der Waals surface area contributed by atoms with Gasteiger partial charge in [-0.3, -0.25) is 9.69 Å². The second-order valence-electron chi connectivity index (χ2n) is 9.82. The number of tetrazole rings is 1. The predicted molar refractivity (Wildman–Crippen MR) is 133 cm³/mol. The summed E-state index contributed by atoms with van der Waals surface area (Å²) >= 11 is 0. The molecule has 1 saturated heterocycles. The average Bonchev–Trinajstić information content (AvgIpc) is 3.57. The van der Waals surface area contributed by atoms with E-state index in [0.717, 1.165) is 66.8 Å². The van der Waals surface area contributed by atoms with Crippen LogP contribution >= 0.6 is 0 Å². The van der Waals surface area contributed by atoms with Crippen LogP contribution in [0.15, 0.2) is 29.1 Å². The summed E-state index contributed by atoms with van der Waals surface area (Å²) in [6.07, 6.45) is 9.13. The summed E-state index contributed by atoms with van der Waals surface area (Å²) in [4.78, 5) is 18.7. The molecule has 35 heavy (non-hydrogen) atoms. The van der Waals surface area contributed by atoms with Crippen molar-refractivity contribution >= 4 is 10.9 Å². The lowest BCUT2D eigenvalue weighted by atomic mass is 9.92. The first-order valence-electron chi connectivity index (χ1n) is 13.0. The van der Waals surface area contributed by atoms with Gasteiger partial charge in [0.1, 0.15) is 5.75 Å². The van der Waals surface area contributed by atoms with Crippen LogP contribution in [-0.2, 0) is 17.8 Å². The van der Waals surface area contributed by atoms with Crippen molar-refractivity contribution in [1.82, 2.24) is 30.1 Å². The molecule has 1 saturated carbocycles. The molecule has 2 atom stereocenters. The fourth-order valence-electron chi connectivity index (χ4n) is 5.70. The van der Waals surface area contributed by atoms with Crippen LogP contribution in [0.3, 0.4) is 0 Å². The zero-order valence-electron chi connectivity index (χ0n) is 20.8. The zero-order chi connectivity index (χ0) is 24.2. The van der Waals surface area contributed by atoms with Gasteiger partial charge in [0, 0.05) is 30.8 Å². The van der Waals surface area contributed by atoms with Crippen molar-refractivity contribution in [3.05, 3.63) is 46.0 Å². The molecule has 3 aromatic rings. The third kappa shape index (κ3) is 5.26. The van der Waals surface area contributed by atoms with Gasteiger partial charge in [-0.15, -0.1) is 5.10 Å². The maximum absolute atomic E-state index is 13.2. The molecule has 0 spiro atoms. The van der Waals surface area contributed by atoms with Gasteiger partial charge in [0.15, 0.2) is 5.82 Å². The highest BCUT2D eigenvalue weighted by atomic mass is 16.5. The van der Waals surface area contributed by atoms with Gasteiger partial charge in [-0.2, -0.15) is 0 Å². The number of hydrogen-bond acceptors (Lipinski definition) is 7. The molecule has 9 heteroatoms. The second-order valence-corrected chi connectivity index (χ2v) is 9.82. The first-order chi connectivity index (χ1) is 17.2. The quantitative estimate of drug-likeness (QED) is 0.494. The van der Waals surface area contributed by atoms with E-state index >= 15 is 0 Å². The van der Waals surface area contributed by atoms with E-state index in [1.807, 2.05) is 28.9 Å². The Morgan fingerprint density at radius 3 is 2.80 bits per heavy atom. The number of aromatic amines is 1. The molecule has 0 amide bonds. The van der Waals surface area contributed by atoms with Crippen LogP contribution in [0.5, 0.6) is 5.75 Å². The molecule has 1 aliphatic carbocycles. The molecular formula is C26H36N6O3. The standard InChI is InChI=1S/C26H36N6O3/c1-3-24(25-28-29-30-32(25)17-22-10-7-13-35-22)31(20-8-5-4-6-9-20)16-19-14-18-11-12-21(34-2)15-23(18)27-26(19)33/h11-12,14-15,20,22,24H,3-10,13,16-17H2,1-2H3,(H,27,33)/t22-,24+/m1/s1. The largest absolute Gasteiger partial charge is 0.497 e. The van der Waals surface area contributed by atoms with E-state index in [-0.39, 0.29) is 17.7 Å². The van der Waals surface area contributed by atoms with Crippen molar-refractivity contribution in [2.45, 2.75) is 89.6 Å². The van der Waals surface area contributed by atoms with E-state index in [2.05, 4.69) is 32.3 Å². The fourth-order valence-corrected chi connectivity index (χ4v) is 5.70. The highest BCUT2D eigenvalue weighted by Gasteiger charge is 2.32. The predicted octanol–water partition coefficient (Wildman–Crippen LogP) is 3.99. The molecule has 0 unspecified atom stereocenters. The summed E-state index contributed by atoms with van der Waals surface area (Å²) in [7, 11) is 1.63. The SMILES string of the molecule is CC[C@@H](c1nnnn1C[C@H]1CCCO1)N(Cc1cc2ccc(OC)cc2[nH]c1=O)C1CCCCC1. The molecule has 0 bridgehead atoms. The van der Waals surface area contributed by atoms with Crippen molar-refractivity contribution in [3.8, 4) is 5.75 Å². The lowest BCUT2D eigenvalue weighted by molar-refractivity contribution is 0.0734. The van der Waals surface area contributed by atoms with Crippen molar-refractivity contribution in [3.63, 3.8) is 0 Å². The van der Waals surface area contributed by atoms with Gasteiger partial charge in [0.25, 0.3) is 5.56 Å². The van der Waals surface area contributed by atoms with Gasteiger partial charge < -0.3 is 14.5 Å². The van der Waals surface area contributed by atoms with Gasteiger partial charge in [0.05, 0.1) is 31.3 Å². The summed E-state index contributed by atoms with van der Waals surface area (Å²) in [5.41, 5.74) is 1.50. The Balaban J connectivity index is 1.47. The highest BCUT2D eigenvalue weighted by Crippen LogP contribution is 2.33. The third-order valence-corrected chi connectivity index (χ3v) is 7.57. The molecule has 5 rings (SSSR count). The van der Waals surface area contributed by atoms with E-state index in [1.165, 1.54) is 19.3 Å². The number of methoxy groups -OCH3 is 1. The van der Waals surface area contributed by atoms with Crippen LogP contribution in [0.25, 0.3) is 10.9 Å². The van der Waals surface area contributed by atoms with Crippen LogP contribution in [-0.4, -0.2) is 56.0 Å². The Labute approximate surface area is 205 Å². The minimum atomic E-state index is -0.0552. The van der Waals surface area contributed by atoms with Gasteiger partial charge in [-0.05, 0) is 66.1 Å². The summed E-state index contributed by atoms with van der Waals surface area (Å²) in [6.45, 7) is 4.23. The van der Waals surface area contributed by atoms with Crippen molar-refractivity contribution in [2.24, 2.45) is 0 Å². The normalized spacial score (nSPS) is 20.0. The Hall–Kier alpha value is -2.78. The molecule has 188 valence electrons. The minimum absolute atomic E-state index is 0.0282. The maximum atomic E-state index is 13.2. The van der Waals surface area contributed by atoms with E-state index in [1.54, 1.807) is 7.11 Å². The van der Waals surface area contributed by atoms with Gasteiger partial charge in [-0.1, -0.05) is 26.2 Å². The van der Waals surface area contributed by atoms with E-state index < -0.39 is 0 Å². The summed E-state index contributed by atoms with van der Waals surface area (Å²) in [5, 5.41) is 13.9. The maximum Gasteiger partial charge on any atom is 0.252 e. The Kier molecular flexibility index (Phi) is 7.43. The van der Waals surface area contributed by atoms with E-state index in [0.29, 0.717) is 19.1 Å². The first-order valence-corrected chi connectivity index (χ1v) is 13.0. The lowest BCUT2D eigenvalue weighted by Gasteiger charge is -2.39. The van der Waals surface area contributed by atoms with Crippen molar-refractivity contribution < 1.29 is 9.47 Å². The molecule has 1 N–H and O–H groups in total. The molecule has 2 aromatic heterocycles. The van der Waals surface area contributed by atoms with Crippen LogP contribution in [0.2, 0.25) is 0 Å². The Bertz CT molecular complexity index is 1180. The van der Waals surface area contributed by atoms with Crippen LogP contribution in [0.4, 0.5) is 0 Å². The molecule has 1 aromatic carbocycles. The number of aromatic nitrogens is 5. The lowest BCUT2D eigenvalue weighted by Crippen LogP contribution is -2.41. The van der Waals surface area contributed by atoms with E-state index in [4.69, 9.17) is 9.47 Å². The molecule has 1 aliphatic heterocycles. The van der Waals surface area contributed by atoms with Crippen LogP contribution < -0.4 is 10.3 Å². The molecule has 2 aliphatic rings. The van der Waals surface area contributed by atoms with Crippen LogP contribution in [0, 0.1) is 0 Å². The second kappa shape index (κ2) is 10.9. The molecular weight excluding hydrogens is 444 g/mol. The fraction of sp³-hybridized carbons (Fsp3) is 0.615. The van der Waals surface area contributed by atoms with Gasteiger partial charge in [-0.25, -0.2) is 4.68 Å². The third-order valence-electron chi connectivity index (χ3n) is 7.57. The number of rotatable bonds is 9. The first kappa shape index (κ1) is 23.9. The topological polar surface area (TPSA) is 98.2 Å². The smallest absolute Gasteiger partial charge is 0.252 e. The Morgan fingerprint density at radius 1 is 1.20 bits per heavy atom. The number of benzene rings is 1. The number of pyridine rings is 1. The zero-order valence-corrected chi connectivity index (χ0v) is 20.8. The number of hydrogen-bond donors (Lipinski definition) is 1. The number of fused-ring (bicyclic) bond motifs is 1. The highest BCUT2D eigenvalue weighted by molar-refractivity contribution is 5.80. The average molecular weight is 481 g/mol. The van der Waals surface area contributed by atoms with Crippen molar-refractivity contribution in [1.29, 1.82) is 0 Å².